The second kappa shape index (κ2) is 9.58. The van der Waals surface area contributed by atoms with Crippen LogP contribution in [0.4, 0.5) is 0 Å². The molecule has 0 saturated heterocycles. The van der Waals surface area contributed by atoms with Crippen molar-refractivity contribution in [2.45, 2.75) is 32.3 Å². The van der Waals surface area contributed by atoms with Gasteiger partial charge in [-0.15, -0.1) is 0 Å². The van der Waals surface area contributed by atoms with Crippen LogP contribution in [-0.4, -0.2) is 12.5 Å². The Hall–Kier alpha value is -1.43. The quantitative estimate of drug-likeness (QED) is 0.518. The molecule has 0 spiro atoms. The van der Waals surface area contributed by atoms with Gasteiger partial charge >= 0.3 is 0 Å². The third kappa shape index (κ3) is 7.01. The molecular weight excluding hydrogens is 232 g/mol. The maximum atomic E-state index is 11.4. The maximum Gasteiger partial charge on any atom is 0.243 e. The third-order valence-electron chi connectivity index (χ3n) is 2.43. The monoisotopic (exact) mass is 252 g/mol. The average molecular weight is 252 g/mol. The molecule has 0 atom stereocenters. The minimum Gasteiger partial charge on any atom is -0.305 e. The topological polar surface area (TPSA) is 73.6 Å². The number of carbonyl (C=O) groups excluding carboxylic acids is 1. The molecule has 18 heavy (non-hydrogen) atoms. The van der Waals surface area contributed by atoms with E-state index in [1.165, 1.54) is 0 Å². The maximum absolute atomic E-state index is 11.4. The van der Waals surface area contributed by atoms with E-state index in [1.54, 1.807) is 0 Å². The van der Waals surface area contributed by atoms with Crippen molar-refractivity contribution in [3.8, 4) is 0 Å². The van der Waals surface area contributed by atoms with Crippen molar-refractivity contribution < 1.29 is 14.5 Å². The molecule has 1 aromatic rings. The van der Waals surface area contributed by atoms with Gasteiger partial charge in [-0.2, -0.15) is 0 Å². The average Bonchev–Trinajstić information content (AvgIpc) is 2.40. The number of benzene rings is 1. The van der Waals surface area contributed by atoms with E-state index in [1.807, 2.05) is 30.3 Å². The van der Waals surface area contributed by atoms with Gasteiger partial charge in [0.05, 0.1) is 13.2 Å². The predicted octanol–water partition coefficient (Wildman–Crippen LogP) is 1.69. The first kappa shape index (κ1) is 14.6. The Bertz CT molecular complexity index is 330. The van der Waals surface area contributed by atoms with Crippen molar-refractivity contribution in [1.82, 2.24) is 5.48 Å². The molecule has 0 radical (unpaired) electrons. The van der Waals surface area contributed by atoms with Crippen LogP contribution in [0.5, 0.6) is 0 Å². The van der Waals surface area contributed by atoms with Crippen LogP contribution in [0.15, 0.2) is 30.3 Å². The number of hydrogen-bond acceptors (Lipinski definition) is 4. The Balaban J connectivity index is 2.00. The van der Waals surface area contributed by atoms with Gasteiger partial charge in [-0.25, -0.2) is 11.4 Å². The number of amides is 1. The van der Waals surface area contributed by atoms with Gasteiger partial charge in [0.15, 0.2) is 0 Å². The largest absolute Gasteiger partial charge is 0.305 e. The molecule has 5 nitrogen and oxygen atoms in total. The summed E-state index contributed by atoms with van der Waals surface area (Å²) in [7, 11) is 0. The van der Waals surface area contributed by atoms with E-state index >= 15 is 0 Å². The Kier molecular flexibility index (Phi) is 7.79. The standard InChI is InChI=1S/C13H20N2O3/c14-17-10-6-2-5-9-13(16)15-18-11-12-7-3-1-4-8-12/h1,3-4,7-8H,2,5-6,9-11,14H2,(H,15,16). The van der Waals surface area contributed by atoms with Gasteiger partial charge in [-0.05, 0) is 18.4 Å². The van der Waals surface area contributed by atoms with E-state index < -0.39 is 0 Å². The molecule has 0 heterocycles. The van der Waals surface area contributed by atoms with Crippen molar-refractivity contribution in [3.63, 3.8) is 0 Å². The highest BCUT2D eigenvalue weighted by molar-refractivity contribution is 5.74. The molecule has 0 aliphatic heterocycles. The van der Waals surface area contributed by atoms with Gasteiger partial charge in [0.25, 0.3) is 0 Å². The lowest BCUT2D eigenvalue weighted by molar-refractivity contribution is -0.134. The Morgan fingerprint density at radius 3 is 2.67 bits per heavy atom. The van der Waals surface area contributed by atoms with Crippen molar-refractivity contribution in [2.75, 3.05) is 6.61 Å². The number of hydrogen-bond donors (Lipinski definition) is 2. The third-order valence-corrected chi connectivity index (χ3v) is 2.43. The van der Waals surface area contributed by atoms with Gasteiger partial charge in [0.2, 0.25) is 5.91 Å². The van der Waals surface area contributed by atoms with E-state index in [-0.39, 0.29) is 5.91 Å². The lowest BCUT2D eigenvalue weighted by Gasteiger charge is -2.05. The number of carbonyl (C=O) groups is 1. The van der Waals surface area contributed by atoms with Crippen molar-refractivity contribution in [3.05, 3.63) is 35.9 Å². The number of nitrogens with two attached hydrogens (primary N) is 1. The number of unbranched alkanes of at least 4 members (excludes halogenated alkanes) is 2. The van der Waals surface area contributed by atoms with E-state index in [0.717, 1.165) is 24.8 Å². The number of rotatable bonds is 9. The molecule has 0 aliphatic carbocycles. The molecule has 5 heteroatoms. The summed E-state index contributed by atoms with van der Waals surface area (Å²) < 4.78 is 0. The van der Waals surface area contributed by atoms with Crippen molar-refractivity contribution in [2.24, 2.45) is 5.90 Å². The van der Waals surface area contributed by atoms with Crippen molar-refractivity contribution in [1.29, 1.82) is 0 Å². The summed E-state index contributed by atoms with van der Waals surface area (Å²) in [5.41, 5.74) is 3.45. The van der Waals surface area contributed by atoms with Gasteiger partial charge < -0.3 is 4.84 Å². The number of hydroxylamine groups is 1. The highest BCUT2D eigenvalue weighted by Crippen LogP contribution is 2.01. The van der Waals surface area contributed by atoms with Crippen LogP contribution in [0.2, 0.25) is 0 Å². The summed E-state index contributed by atoms with van der Waals surface area (Å²) in [5.74, 6) is 4.79. The molecule has 3 N–H and O–H groups in total. The molecule has 0 saturated carbocycles. The highest BCUT2D eigenvalue weighted by atomic mass is 16.6. The normalized spacial score (nSPS) is 10.3. The van der Waals surface area contributed by atoms with Crippen LogP contribution < -0.4 is 11.4 Å². The predicted molar refractivity (Wildman–Crippen MR) is 68.0 cm³/mol. The SMILES string of the molecule is NOCCCCCC(=O)NOCc1ccccc1. The Labute approximate surface area is 107 Å². The Morgan fingerprint density at radius 2 is 1.94 bits per heavy atom. The molecule has 1 amide bonds. The molecule has 1 aromatic carbocycles. The zero-order chi connectivity index (χ0) is 13.1. The fraction of sp³-hybridized carbons (Fsp3) is 0.462. The first-order valence-corrected chi connectivity index (χ1v) is 6.09. The lowest BCUT2D eigenvalue weighted by atomic mass is 10.2. The van der Waals surface area contributed by atoms with E-state index in [2.05, 4.69) is 10.3 Å². The van der Waals surface area contributed by atoms with E-state index in [9.17, 15) is 4.79 Å². The van der Waals surface area contributed by atoms with Gasteiger partial charge in [-0.1, -0.05) is 36.8 Å². The first-order valence-electron chi connectivity index (χ1n) is 6.09. The molecule has 0 aromatic heterocycles. The Morgan fingerprint density at radius 1 is 1.17 bits per heavy atom. The summed E-state index contributed by atoms with van der Waals surface area (Å²) in [6, 6.07) is 9.69. The summed E-state index contributed by atoms with van der Waals surface area (Å²) in [4.78, 5) is 20.9. The summed E-state index contributed by atoms with van der Waals surface area (Å²) >= 11 is 0. The zero-order valence-electron chi connectivity index (χ0n) is 10.4. The zero-order valence-corrected chi connectivity index (χ0v) is 10.4. The second-order valence-electron chi connectivity index (χ2n) is 3.98. The molecule has 1 rings (SSSR count). The van der Waals surface area contributed by atoms with Gasteiger partial charge in [-0.3, -0.25) is 9.63 Å². The minimum atomic E-state index is -0.0976. The smallest absolute Gasteiger partial charge is 0.243 e. The molecule has 0 bridgehead atoms. The summed E-state index contributed by atoms with van der Waals surface area (Å²) in [6.45, 7) is 0.916. The van der Waals surface area contributed by atoms with E-state index in [4.69, 9.17) is 10.7 Å². The van der Waals surface area contributed by atoms with Crippen LogP contribution in [0.3, 0.4) is 0 Å². The van der Waals surface area contributed by atoms with Crippen LogP contribution in [-0.2, 0) is 21.1 Å². The second-order valence-corrected chi connectivity index (χ2v) is 3.98. The van der Waals surface area contributed by atoms with Crippen LogP contribution in [0.25, 0.3) is 0 Å². The summed E-state index contributed by atoms with van der Waals surface area (Å²) in [5, 5.41) is 0. The fourth-order valence-electron chi connectivity index (χ4n) is 1.47. The number of nitrogens with one attached hydrogen (secondary N) is 1. The van der Waals surface area contributed by atoms with Crippen molar-refractivity contribution >= 4 is 5.91 Å². The minimum absolute atomic E-state index is 0.0976. The molecule has 0 unspecified atom stereocenters. The molecule has 100 valence electrons. The lowest BCUT2D eigenvalue weighted by Crippen LogP contribution is -2.23. The first-order chi connectivity index (χ1) is 8.83. The highest BCUT2D eigenvalue weighted by Gasteiger charge is 2.01. The molecule has 0 aliphatic rings. The van der Waals surface area contributed by atoms with Gasteiger partial charge in [0.1, 0.15) is 0 Å². The van der Waals surface area contributed by atoms with Gasteiger partial charge in [0, 0.05) is 6.42 Å². The molecule has 0 fully saturated rings. The summed E-state index contributed by atoms with van der Waals surface area (Å²) in [6.07, 6.45) is 3.06. The van der Waals surface area contributed by atoms with Crippen LogP contribution >= 0.6 is 0 Å². The van der Waals surface area contributed by atoms with Crippen LogP contribution in [0.1, 0.15) is 31.2 Å². The fourth-order valence-corrected chi connectivity index (χ4v) is 1.47. The van der Waals surface area contributed by atoms with Crippen LogP contribution in [0, 0.1) is 0 Å². The van der Waals surface area contributed by atoms with E-state index in [0.29, 0.717) is 19.6 Å². The molecular formula is C13H20N2O3.